The van der Waals surface area contributed by atoms with Crippen molar-refractivity contribution in [3.63, 3.8) is 0 Å². The largest absolute Gasteiger partial charge is 0.486 e. The minimum atomic E-state index is 0.0881. The lowest BCUT2D eigenvalue weighted by Crippen LogP contribution is -2.32. The van der Waals surface area contributed by atoms with Crippen LogP contribution in [0.2, 0.25) is 0 Å². The van der Waals surface area contributed by atoms with Crippen LogP contribution in [0.15, 0.2) is 18.2 Å². The number of fused-ring (bicyclic) bond motifs is 1. The summed E-state index contributed by atoms with van der Waals surface area (Å²) in [5.41, 5.74) is 1.39. The molecule has 0 radical (unpaired) electrons. The van der Waals surface area contributed by atoms with Gasteiger partial charge in [0.15, 0.2) is 11.5 Å². The highest BCUT2D eigenvalue weighted by atomic mass is 32.2. The zero-order chi connectivity index (χ0) is 18.0. The molecule has 138 valence electrons. The lowest BCUT2D eigenvalue weighted by molar-refractivity contribution is -0.132. The van der Waals surface area contributed by atoms with E-state index in [0.717, 1.165) is 35.8 Å². The molecule has 1 saturated heterocycles. The van der Waals surface area contributed by atoms with Crippen LogP contribution >= 0.6 is 11.8 Å². The molecular weight excluding hydrogens is 334 g/mol. The molecule has 1 amide bonds. The normalized spacial score (nSPS) is 21.3. The minimum Gasteiger partial charge on any atom is -0.486 e. The molecule has 0 spiro atoms. The minimum absolute atomic E-state index is 0.0881. The molecule has 0 bridgehead atoms. The number of benzene rings is 1. The number of nitrogens with zero attached hydrogens (tertiary/aromatic N) is 1. The predicted molar refractivity (Wildman–Crippen MR) is 102 cm³/mol. The summed E-state index contributed by atoms with van der Waals surface area (Å²) in [6.45, 7) is 10.9. The number of carbonyl (C=O) groups excluding carboxylic acids is 1. The molecule has 4 nitrogen and oxygen atoms in total. The van der Waals surface area contributed by atoms with Gasteiger partial charge in [-0.15, -0.1) is 11.8 Å². The fourth-order valence-electron chi connectivity index (χ4n) is 3.75. The van der Waals surface area contributed by atoms with Crippen molar-refractivity contribution in [1.82, 2.24) is 4.90 Å². The van der Waals surface area contributed by atoms with E-state index in [2.05, 4.69) is 33.8 Å². The van der Waals surface area contributed by atoms with Gasteiger partial charge in [-0.2, -0.15) is 0 Å². The van der Waals surface area contributed by atoms with Crippen molar-refractivity contribution in [2.75, 3.05) is 25.5 Å². The first kappa shape index (κ1) is 18.4. The van der Waals surface area contributed by atoms with Gasteiger partial charge in [-0.05, 0) is 35.4 Å². The Hall–Kier alpha value is -1.36. The number of hydrogen-bond donors (Lipinski definition) is 0. The summed E-state index contributed by atoms with van der Waals surface area (Å²) in [6.07, 6.45) is 1.69. The second-order valence-corrected chi connectivity index (χ2v) is 9.48. The van der Waals surface area contributed by atoms with Crippen LogP contribution in [0.4, 0.5) is 0 Å². The van der Waals surface area contributed by atoms with Crippen molar-refractivity contribution in [2.24, 2.45) is 11.3 Å². The highest BCUT2D eigenvalue weighted by Crippen LogP contribution is 2.42. The third-order valence-electron chi connectivity index (χ3n) is 4.55. The van der Waals surface area contributed by atoms with Gasteiger partial charge >= 0.3 is 0 Å². The first-order chi connectivity index (χ1) is 11.8. The molecule has 0 unspecified atom stereocenters. The van der Waals surface area contributed by atoms with E-state index in [1.807, 2.05) is 28.8 Å². The number of carbonyl (C=O) groups is 1. The van der Waals surface area contributed by atoms with Gasteiger partial charge in [-0.3, -0.25) is 4.79 Å². The van der Waals surface area contributed by atoms with Crippen LogP contribution < -0.4 is 9.47 Å². The monoisotopic (exact) mass is 363 g/mol. The quantitative estimate of drug-likeness (QED) is 0.790. The zero-order valence-electron chi connectivity index (χ0n) is 15.7. The second kappa shape index (κ2) is 7.48. The van der Waals surface area contributed by atoms with Crippen molar-refractivity contribution >= 4 is 17.7 Å². The Morgan fingerprint density at radius 2 is 2.00 bits per heavy atom. The van der Waals surface area contributed by atoms with Crippen LogP contribution in [0.5, 0.6) is 11.5 Å². The fraction of sp³-hybridized carbons (Fsp3) is 0.650. The Kier molecular flexibility index (Phi) is 5.52. The van der Waals surface area contributed by atoms with E-state index in [1.54, 1.807) is 0 Å². The maximum absolute atomic E-state index is 12.9. The summed E-state index contributed by atoms with van der Waals surface area (Å²) >= 11 is 1.83. The predicted octanol–water partition coefficient (Wildman–Crippen LogP) is 4.49. The van der Waals surface area contributed by atoms with Gasteiger partial charge in [0.1, 0.15) is 18.6 Å². The zero-order valence-corrected chi connectivity index (χ0v) is 16.5. The molecular formula is C20H29NO3S. The maximum Gasteiger partial charge on any atom is 0.224 e. The first-order valence-corrected chi connectivity index (χ1v) is 10.2. The van der Waals surface area contributed by atoms with E-state index < -0.39 is 0 Å². The molecule has 2 atom stereocenters. The van der Waals surface area contributed by atoms with Gasteiger partial charge in [0.05, 0.1) is 0 Å². The molecule has 2 heterocycles. The van der Waals surface area contributed by atoms with Crippen molar-refractivity contribution in [1.29, 1.82) is 0 Å². The lowest BCUT2D eigenvalue weighted by atomic mass is 9.84. The Labute approximate surface area is 155 Å². The smallest absolute Gasteiger partial charge is 0.224 e. The van der Waals surface area contributed by atoms with Crippen LogP contribution in [-0.4, -0.2) is 36.3 Å². The molecule has 1 aromatic rings. The molecule has 0 N–H and O–H groups in total. The topological polar surface area (TPSA) is 38.8 Å². The SMILES string of the molecule is C[C@@H](CC(=O)N1CCS[C@@H]1c1ccc2c(c1)OCCO2)CC(C)(C)C. The van der Waals surface area contributed by atoms with Crippen LogP contribution in [-0.2, 0) is 4.79 Å². The van der Waals surface area contributed by atoms with Crippen LogP contribution in [0, 0.1) is 11.3 Å². The van der Waals surface area contributed by atoms with E-state index in [-0.39, 0.29) is 16.7 Å². The number of rotatable bonds is 4. The molecule has 0 aliphatic carbocycles. The molecule has 1 aromatic carbocycles. The van der Waals surface area contributed by atoms with Crippen molar-refractivity contribution < 1.29 is 14.3 Å². The molecule has 2 aliphatic rings. The van der Waals surface area contributed by atoms with E-state index >= 15 is 0 Å². The van der Waals surface area contributed by atoms with Gasteiger partial charge in [0.25, 0.3) is 0 Å². The Morgan fingerprint density at radius 1 is 1.28 bits per heavy atom. The van der Waals surface area contributed by atoms with E-state index in [1.165, 1.54) is 0 Å². The van der Waals surface area contributed by atoms with Crippen LogP contribution in [0.3, 0.4) is 0 Å². The molecule has 3 rings (SSSR count). The lowest BCUT2D eigenvalue weighted by Gasteiger charge is -2.28. The second-order valence-electron chi connectivity index (χ2n) is 8.29. The summed E-state index contributed by atoms with van der Waals surface area (Å²) in [4.78, 5) is 14.9. The number of thioether (sulfide) groups is 1. The Balaban J connectivity index is 1.69. The fourth-order valence-corrected chi connectivity index (χ4v) is 5.02. The number of hydrogen-bond acceptors (Lipinski definition) is 4. The Morgan fingerprint density at radius 3 is 2.72 bits per heavy atom. The average Bonchev–Trinajstić information content (AvgIpc) is 3.02. The van der Waals surface area contributed by atoms with Crippen LogP contribution in [0.1, 0.15) is 51.5 Å². The first-order valence-electron chi connectivity index (χ1n) is 9.14. The molecule has 0 saturated carbocycles. The van der Waals surface area contributed by atoms with E-state index in [4.69, 9.17) is 9.47 Å². The summed E-state index contributed by atoms with van der Waals surface area (Å²) < 4.78 is 11.3. The molecule has 25 heavy (non-hydrogen) atoms. The van der Waals surface area contributed by atoms with Crippen molar-refractivity contribution in [3.8, 4) is 11.5 Å². The third-order valence-corrected chi connectivity index (χ3v) is 5.81. The molecule has 5 heteroatoms. The third kappa shape index (κ3) is 4.63. The highest BCUT2D eigenvalue weighted by Gasteiger charge is 2.32. The van der Waals surface area contributed by atoms with E-state index in [9.17, 15) is 4.79 Å². The molecule has 0 aromatic heterocycles. The average molecular weight is 364 g/mol. The van der Waals surface area contributed by atoms with Gasteiger partial charge < -0.3 is 14.4 Å². The van der Waals surface area contributed by atoms with Gasteiger partial charge in [-0.1, -0.05) is 33.8 Å². The van der Waals surface area contributed by atoms with Gasteiger partial charge in [0, 0.05) is 18.7 Å². The highest BCUT2D eigenvalue weighted by molar-refractivity contribution is 7.99. The summed E-state index contributed by atoms with van der Waals surface area (Å²) in [5.74, 6) is 3.25. The van der Waals surface area contributed by atoms with Crippen molar-refractivity contribution in [3.05, 3.63) is 23.8 Å². The van der Waals surface area contributed by atoms with E-state index in [0.29, 0.717) is 25.6 Å². The van der Waals surface area contributed by atoms with Gasteiger partial charge in [0.2, 0.25) is 5.91 Å². The van der Waals surface area contributed by atoms with Crippen LogP contribution in [0.25, 0.3) is 0 Å². The maximum atomic E-state index is 12.9. The molecule has 2 aliphatic heterocycles. The summed E-state index contributed by atoms with van der Waals surface area (Å²) in [7, 11) is 0. The van der Waals surface area contributed by atoms with Crippen molar-refractivity contribution in [2.45, 2.75) is 45.9 Å². The number of amides is 1. The summed E-state index contributed by atoms with van der Waals surface area (Å²) in [5, 5.41) is 0.0881. The molecule has 1 fully saturated rings. The Bertz CT molecular complexity index is 626. The standard InChI is InChI=1S/C20H29NO3S/c1-14(13-20(2,3)4)11-18(22)21-7-10-25-19(21)15-5-6-16-17(12-15)24-9-8-23-16/h5-6,12,14,19H,7-11,13H2,1-4H3/t14-,19+/m0/s1. The van der Waals surface area contributed by atoms with Gasteiger partial charge in [-0.25, -0.2) is 0 Å². The summed E-state index contributed by atoms with van der Waals surface area (Å²) in [6, 6.07) is 6.07. The number of ether oxygens (including phenoxy) is 2.